The highest BCUT2D eigenvalue weighted by Gasteiger charge is 2.46. The van der Waals surface area contributed by atoms with Crippen LogP contribution in [0.2, 0.25) is 0 Å². The molecule has 1 atom stereocenters. The van der Waals surface area contributed by atoms with E-state index in [0.717, 1.165) is 16.2 Å². The Balaban J connectivity index is 1.53. The lowest BCUT2D eigenvalue weighted by Crippen LogP contribution is -2.39. The number of hydrogen-bond donors (Lipinski definition) is 1. The predicted molar refractivity (Wildman–Crippen MR) is 136 cm³/mol. The molecule has 4 rings (SSSR count). The first kappa shape index (κ1) is 25.5. The Morgan fingerprint density at radius 2 is 1.70 bits per heavy atom. The van der Waals surface area contributed by atoms with Gasteiger partial charge in [0.15, 0.2) is 0 Å². The molecule has 0 aliphatic carbocycles. The van der Waals surface area contributed by atoms with Crippen LogP contribution in [0.25, 0.3) is 0 Å². The number of halogens is 1. The highest BCUT2D eigenvalue weighted by molar-refractivity contribution is 6.22. The molecule has 2 aromatic carbocycles. The first-order valence-electron chi connectivity index (χ1n) is 11.6. The summed E-state index contributed by atoms with van der Waals surface area (Å²) < 4.78 is 18.4. The number of methoxy groups -OCH3 is 1. The van der Waals surface area contributed by atoms with Gasteiger partial charge in [-0.2, -0.15) is 0 Å². The van der Waals surface area contributed by atoms with Gasteiger partial charge in [-0.3, -0.25) is 9.59 Å². The Labute approximate surface area is 213 Å². The fourth-order valence-corrected chi connectivity index (χ4v) is 4.00. The first-order valence-corrected chi connectivity index (χ1v) is 11.6. The summed E-state index contributed by atoms with van der Waals surface area (Å²) in [5, 5.41) is 2.65. The standard InChI is InChI=1S/C26H27FN6O4/c1-31(2)20-8-4-17(5-9-20)12-13-32-22(14-23(34)30-19-15-28-25(37-3)29-16-19)24(35)33(26(32)36)21-10-6-18(27)7-11-21/h4-11,15-16,22H,12-14H2,1-3H3,(H,30,34). The van der Waals surface area contributed by atoms with E-state index in [9.17, 15) is 18.8 Å². The third kappa shape index (κ3) is 5.83. The van der Waals surface area contributed by atoms with Crippen LogP contribution in [0, 0.1) is 5.82 Å². The molecule has 10 nitrogen and oxygen atoms in total. The van der Waals surface area contributed by atoms with Gasteiger partial charge in [0.25, 0.3) is 5.91 Å². The number of benzene rings is 2. The van der Waals surface area contributed by atoms with Crippen molar-refractivity contribution >= 4 is 34.9 Å². The number of rotatable bonds is 9. The van der Waals surface area contributed by atoms with E-state index in [2.05, 4.69) is 15.3 Å². The van der Waals surface area contributed by atoms with Crippen LogP contribution in [0.15, 0.2) is 60.9 Å². The van der Waals surface area contributed by atoms with Crippen LogP contribution in [0.5, 0.6) is 6.01 Å². The third-order valence-electron chi connectivity index (χ3n) is 5.97. The molecular weight excluding hydrogens is 479 g/mol. The molecule has 1 aliphatic heterocycles. The molecule has 2 heterocycles. The number of amides is 4. The van der Waals surface area contributed by atoms with E-state index >= 15 is 0 Å². The van der Waals surface area contributed by atoms with Crippen LogP contribution in [-0.4, -0.2) is 66.5 Å². The average Bonchev–Trinajstić information content (AvgIpc) is 3.12. The number of nitrogens with zero attached hydrogens (tertiary/aromatic N) is 5. The second-order valence-electron chi connectivity index (χ2n) is 8.66. The molecule has 1 fully saturated rings. The molecule has 0 spiro atoms. The van der Waals surface area contributed by atoms with Gasteiger partial charge in [0.1, 0.15) is 11.9 Å². The SMILES string of the molecule is COc1ncc(NC(=O)CC2C(=O)N(c3ccc(F)cc3)C(=O)N2CCc2ccc(N(C)C)cc2)cn1. The minimum Gasteiger partial charge on any atom is -0.467 e. The van der Waals surface area contributed by atoms with Crippen molar-refractivity contribution in [1.82, 2.24) is 14.9 Å². The van der Waals surface area contributed by atoms with Gasteiger partial charge < -0.3 is 19.9 Å². The summed E-state index contributed by atoms with van der Waals surface area (Å²) in [4.78, 5) is 51.8. The number of ether oxygens (including phenoxy) is 1. The number of imide groups is 1. The van der Waals surface area contributed by atoms with Gasteiger partial charge in [0.05, 0.1) is 37.3 Å². The molecule has 1 N–H and O–H groups in total. The Kier molecular flexibility index (Phi) is 7.61. The van der Waals surface area contributed by atoms with Crippen LogP contribution in [0.4, 0.5) is 26.2 Å². The van der Waals surface area contributed by atoms with Crippen molar-refractivity contribution in [2.45, 2.75) is 18.9 Å². The monoisotopic (exact) mass is 506 g/mol. The molecule has 0 saturated carbocycles. The molecular formula is C26H27FN6O4. The fourth-order valence-electron chi connectivity index (χ4n) is 4.00. The predicted octanol–water partition coefficient (Wildman–Crippen LogP) is 3.10. The molecule has 11 heteroatoms. The first-order chi connectivity index (χ1) is 17.8. The van der Waals surface area contributed by atoms with Crippen LogP contribution >= 0.6 is 0 Å². The summed E-state index contributed by atoms with van der Waals surface area (Å²) in [7, 11) is 5.32. The van der Waals surface area contributed by atoms with Crippen molar-refractivity contribution in [2.24, 2.45) is 0 Å². The summed E-state index contributed by atoms with van der Waals surface area (Å²) in [6.07, 6.45) is 2.97. The summed E-state index contributed by atoms with van der Waals surface area (Å²) in [5.74, 6) is -1.53. The fraction of sp³-hybridized carbons (Fsp3) is 0.269. The number of anilines is 3. The summed E-state index contributed by atoms with van der Waals surface area (Å²) in [6, 6.07) is 11.5. The van der Waals surface area contributed by atoms with Gasteiger partial charge in [0, 0.05) is 26.3 Å². The Morgan fingerprint density at radius 1 is 1.05 bits per heavy atom. The van der Waals surface area contributed by atoms with Gasteiger partial charge in [0.2, 0.25) is 5.91 Å². The van der Waals surface area contributed by atoms with Crippen LogP contribution in [0.3, 0.4) is 0 Å². The van der Waals surface area contributed by atoms with Crippen molar-refractivity contribution in [2.75, 3.05) is 42.9 Å². The van der Waals surface area contributed by atoms with Gasteiger partial charge in [-0.15, -0.1) is 0 Å². The minimum atomic E-state index is -1.03. The number of urea groups is 1. The lowest BCUT2D eigenvalue weighted by molar-refractivity contribution is -0.124. The lowest BCUT2D eigenvalue weighted by Gasteiger charge is -2.22. The van der Waals surface area contributed by atoms with Crippen molar-refractivity contribution in [1.29, 1.82) is 0 Å². The maximum absolute atomic E-state index is 13.5. The van der Waals surface area contributed by atoms with E-state index < -0.39 is 29.7 Å². The minimum absolute atomic E-state index is 0.147. The molecule has 1 aromatic heterocycles. The Bertz CT molecular complexity index is 1270. The Hall–Kier alpha value is -4.54. The topological polar surface area (TPSA) is 108 Å². The summed E-state index contributed by atoms with van der Waals surface area (Å²) in [6.45, 7) is 0.215. The van der Waals surface area contributed by atoms with E-state index in [1.165, 1.54) is 48.7 Å². The molecule has 1 unspecified atom stereocenters. The highest BCUT2D eigenvalue weighted by Crippen LogP contribution is 2.28. The summed E-state index contributed by atoms with van der Waals surface area (Å²) in [5.41, 5.74) is 2.58. The lowest BCUT2D eigenvalue weighted by atomic mass is 10.1. The zero-order chi connectivity index (χ0) is 26.5. The van der Waals surface area contributed by atoms with Crippen molar-refractivity contribution in [3.05, 3.63) is 72.3 Å². The van der Waals surface area contributed by atoms with Crippen LogP contribution in [-0.2, 0) is 16.0 Å². The molecule has 1 saturated heterocycles. The number of carbonyl (C=O) groups excluding carboxylic acids is 3. The molecule has 3 aromatic rings. The van der Waals surface area contributed by atoms with Crippen LogP contribution in [0.1, 0.15) is 12.0 Å². The molecule has 4 amide bonds. The highest BCUT2D eigenvalue weighted by atomic mass is 19.1. The van der Waals surface area contributed by atoms with Gasteiger partial charge >= 0.3 is 12.0 Å². The molecule has 1 aliphatic rings. The number of carbonyl (C=O) groups is 3. The van der Waals surface area contributed by atoms with E-state index in [0.29, 0.717) is 12.1 Å². The van der Waals surface area contributed by atoms with Crippen molar-refractivity contribution in [3.63, 3.8) is 0 Å². The van der Waals surface area contributed by atoms with E-state index in [4.69, 9.17) is 4.74 Å². The second kappa shape index (κ2) is 11.0. The number of nitrogens with one attached hydrogen (secondary N) is 1. The molecule has 0 bridgehead atoms. The third-order valence-corrected chi connectivity index (χ3v) is 5.97. The maximum Gasteiger partial charge on any atom is 0.332 e. The summed E-state index contributed by atoms with van der Waals surface area (Å²) >= 11 is 0. The van der Waals surface area contributed by atoms with Gasteiger partial charge in [-0.05, 0) is 48.4 Å². The molecule has 37 heavy (non-hydrogen) atoms. The smallest absolute Gasteiger partial charge is 0.332 e. The molecule has 0 radical (unpaired) electrons. The van der Waals surface area contributed by atoms with E-state index in [-0.39, 0.29) is 24.7 Å². The molecule has 192 valence electrons. The Morgan fingerprint density at radius 3 is 2.30 bits per heavy atom. The average molecular weight is 507 g/mol. The van der Waals surface area contributed by atoms with E-state index in [1.54, 1.807) is 0 Å². The zero-order valence-electron chi connectivity index (χ0n) is 20.7. The van der Waals surface area contributed by atoms with Crippen LogP contribution < -0.4 is 19.9 Å². The largest absolute Gasteiger partial charge is 0.467 e. The van der Waals surface area contributed by atoms with Gasteiger partial charge in [-0.1, -0.05) is 12.1 Å². The van der Waals surface area contributed by atoms with Gasteiger partial charge in [-0.25, -0.2) is 24.1 Å². The van der Waals surface area contributed by atoms with E-state index in [1.807, 2.05) is 43.3 Å². The number of aromatic nitrogens is 2. The quantitative estimate of drug-likeness (QED) is 0.445. The number of hydrogen-bond acceptors (Lipinski definition) is 7. The van der Waals surface area contributed by atoms with Crippen molar-refractivity contribution in [3.8, 4) is 6.01 Å². The normalized spacial score (nSPS) is 15.2. The zero-order valence-corrected chi connectivity index (χ0v) is 20.7. The second-order valence-corrected chi connectivity index (χ2v) is 8.66. The van der Waals surface area contributed by atoms with Crippen molar-refractivity contribution < 1.29 is 23.5 Å². The maximum atomic E-state index is 13.5.